The lowest BCUT2D eigenvalue weighted by Gasteiger charge is -2.33. The highest BCUT2D eigenvalue weighted by Gasteiger charge is 2.36. The zero-order chi connectivity index (χ0) is 15.6. The molecule has 0 aliphatic heterocycles. The molecule has 0 fully saturated rings. The normalized spacial score (nSPS) is 15.9. The van der Waals surface area contributed by atoms with Gasteiger partial charge >= 0.3 is 0 Å². The lowest BCUT2D eigenvalue weighted by atomic mass is 9.97. The van der Waals surface area contributed by atoms with Gasteiger partial charge in [0, 0.05) is 8.07 Å². The third kappa shape index (κ3) is 5.70. The zero-order valence-corrected chi connectivity index (χ0v) is 14.0. The van der Waals surface area contributed by atoms with Crippen LogP contribution in [0.3, 0.4) is 0 Å². The minimum absolute atomic E-state index is 0.359. The van der Waals surface area contributed by atoms with Crippen molar-refractivity contribution in [1.29, 1.82) is 0 Å². The van der Waals surface area contributed by atoms with Gasteiger partial charge in [0.1, 0.15) is 11.4 Å². The fourth-order valence-corrected chi connectivity index (χ4v) is 4.55. The quantitative estimate of drug-likeness (QED) is 0.645. The van der Waals surface area contributed by atoms with Gasteiger partial charge in [0.05, 0.1) is 12.9 Å². The summed E-state index contributed by atoms with van der Waals surface area (Å²) >= 11 is 0. The summed E-state index contributed by atoms with van der Waals surface area (Å²) in [6, 6.07) is 5.82. The number of hydrogen-bond donors (Lipinski definition) is 1. The first-order chi connectivity index (χ1) is 8.91. The van der Waals surface area contributed by atoms with Crippen LogP contribution in [0.1, 0.15) is 5.56 Å². The molecular weight excluding hydrogens is 299 g/mol. The maximum Gasteiger partial charge on any atom is 0.264 e. The second-order valence-corrected chi connectivity index (χ2v) is 13.4. The predicted molar refractivity (Wildman–Crippen MR) is 79.2 cm³/mol. The van der Waals surface area contributed by atoms with Gasteiger partial charge in [-0.15, -0.1) is 0 Å². The molecule has 0 saturated carbocycles. The summed E-state index contributed by atoms with van der Waals surface area (Å²) in [7, 11) is -5.35. The molecule has 114 valence electrons. The molecule has 1 N–H and O–H groups in total. The summed E-state index contributed by atoms with van der Waals surface area (Å²) in [5, 5.41) is 10.8. The topological polar surface area (TPSA) is 63.6 Å². The summed E-state index contributed by atoms with van der Waals surface area (Å²) in [6.45, 7) is 5.81. The summed E-state index contributed by atoms with van der Waals surface area (Å²) in [5.74, 6) is -0.409. The molecule has 0 bridgehead atoms. The molecule has 0 amide bonds. The van der Waals surface area contributed by atoms with Crippen molar-refractivity contribution < 1.29 is 22.1 Å². The van der Waals surface area contributed by atoms with Crippen LogP contribution in [-0.2, 0) is 19.9 Å². The second kappa shape index (κ2) is 5.93. The van der Waals surface area contributed by atoms with E-state index in [2.05, 4.69) is 19.6 Å². The highest BCUT2D eigenvalue weighted by atomic mass is 32.2. The van der Waals surface area contributed by atoms with Gasteiger partial charge in [-0.2, -0.15) is 8.42 Å². The molecule has 1 atom stereocenters. The van der Waals surface area contributed by atoms with Crippen LogP contribution >= 0.6 is 0 Å². The summed E-state index contributed by atoms with van der Waals surface area (Å²) in [6.07, 6.45) is 0.937. The Hall–Kier alpha value is -0.763. The smallest absolute Gasteiger partial charge is 0.264 e. The highest BCUT2D eigenvalue weighted by molar-refractivity contribution is 7.85. The monoisotopic (exact) mass is 320 g/mol. The van der Waals surface area contributed by atoms with Crippen molar-refractivity contribution in [3.63, 3.8) is 0 Å². The first-order valence-corrected chi connectivity index (χ1v) is 11.8. The Morgan fingerprint density at radius 2 is 1.75 bits per heavy atom. The number of rotatable bonds is 6. The molecule has 0 spiro atoms. The van der Waals surface area contributed by atoms with Crippen LogP contribution in [-0.4, -0.2) is 34.5 Å². The molecule has 1 rings (SSSR count). The molecular formula is C13H21FO4SSi. The van der Waals surface area contributed by atoms with Gasteiger partial charge in [-0.1, -0.05) is 31.8 Å². The molecule has 0 unspecified atom stereocenters. The lowest BCUT2D eigenvalue weighted by Crippen LogP contribution is -2.40. The third-order valence-electron chi connectivity index (χ3n) is 2.72. The van der Waals surface area contributed by atoms with E-state index in [1.54, 1.807) is 0 Å². The van der Waals surface area contributed by atoms with E-state index in [0.717, 1.165) is 6.26 Å². The molecule has 0 aromatic heterocycles. The van der Waals surface area contributed by atoms with Crippen LogP contribution in [0.5, 0.6) is 0 Å². The lowest BCUT2D eigenvalue weighted by molar-refractivity contribution is 0.00889. The number of hydrogen-bond acceptors (Lipinski definition) is 4. The van der Waals surface area contributed by atoms with Crippen LogP contribution < -0.4 is 0 Å². The van der Waals surface area contributed by atoms with E-state index >= 15 is 0 Å². The fourth-order valence-electron chi connectivity index (χ4n) is 2.08. The summed E-state index contributed by atoms with van der Waals surface area (Å²) < 4.78 is 40.1. The molecule has 1 aromatic carbocycles. The molecule has 0 radical (unpaired) electrons. The summed E-state index contributed by atoms with van der Waals surface area (Å²) in [5.41, 5.74) is -0.966. The molecule has 0 aliphatic rings. The van der Waals surface area contributed by atoms with E-state index in [9.17, 15) is 17.9 Å². The van der Waals surface area contributed by atoms with Crippen molar-refractivity contribution in [2.24, 2.45) is 0 Å². The van der Waals surface area contributed by atoms with Gasteiger partial charge < -0.3 is 5.11 Å². The van der Waals surface area contributed by atoms with Crippen molar-refractivity contribution in [2.75, 3.05) is 12.9 Å². The minimum atomic E-state index is -3.65. The molecule has 0 saturated heterocycles. The number of benzene rings is 1. The number of halogens is 1. The van der Waals surface area contributed by atoms with Crippen LogP contribution in [0.25, 0.3) is 0 Å². The van der Waals surface area contributed by atoms with E-state index in [-0.39, 0.29) is 6.61 Å². The second-order valence-electron chi connectivity index (χ2n) is 6.24. The molecule has 7 heteroatoms. The molecule has 0 aliphatic carbocycles. The largest absolute Gasteiger partial charge is 0.383 e. The van der Waals surface area contributed by atoms with E-state index in [1.165, 1.54) is 24.3 Å². The van der Waals surface area contributed by atoms with Crippen LogP contribution in [0.2, 0.25) is 25.7 Å². The Labute approximate surface area is 120 Å². The van der Waals surface area contributed by atoms with Crippen molar-refractivity contribution in [3.05, 3.63) is 35.6 Å². The van der Waals surface area contributed by atoms with Crippen LogP contribution in [0.15, 0.2) is 24.3 Å². The maximum absolute atomic E-state index is 13.0. The van der Waals surface area contributed by atoms with Crippen molar-refractivity contribution >= 4 is 18.2 Å². The van der Waals surface area contributed by atoms with Crippen molar-refractivity contribution in [2.45, 2.75) is 31.3 Å². The van der Waals surface area contributed by atoms with Crippen LogP contribution in [0, 0.1) is 5.82 Å². The highest BCUT2D eigenvalue weighted by Crippen LogP contribution is 2.32. The van der Waals surface area contributed by atoms with Gasteiger partial charge in [-0.3, -0.25) is 4.18 Å². The minimum Gasteiger partial charge on any atom is -0.383 e. The Morgan fingerprint density at radius 3 is 2.15 bits per heavy atom. The average Bonchev–Trinajstić information content (AvgIpc) is 2.24. The fraction of sp³-hybridized carbons (Fsp3) is 0.538. The Kier molecular flexibility index (Phi) is 5.12. The van der Waals surface area contributed by atoms with Gasteiger partial charge in [-0.05, 0) is 23.7 Å². The molecule has 4 nitrogen and oxygen atoms in total. The predicted octanol–water partition coefficient (Wildman–Crippen LogP) is 2.33. The van der Waals surface area contributed by atoms with Crippen molar-refractivity contribution in [1.82, 2.24) is 0 Å². The first-order valence-electron chi connectivity index (χ1n) is 6.24. The Bertz CT molecular complexity index is 551. The van der Waals surface area contributed by atoms with E-state index in [4.69, 9.17) is 4.18 Å². The van der Waals surface area contributed by atoms with Gasteiger partial charge in [0.25, 0.3) is 10.1 Å². The number of aliphatic hydroxyl groups is 1. The Balaban J connectivity index is 3.09. The third-order valence-corrected chi connectivity index (χ3v) is 4.91. The zero-order valence-electron chi connectivity index (χ0n) is 12.2. The first kappa shape index (κ1) is 17.3. The van der Waals surface area contributed by atoms with E-state index in [0.29, 0.717) is 11.6 Å². The van der Waals surface area contributed by atoms with E-state index in [1.807, 2.05) is 0 Å². The summed E-state index contributed by atoms with van der Waals surface area (Å²) in [4.78, 5) is 0. The average molecular weight is 320 g/mol. The molecule has 1 aromatic rings. The Morgan fingerprint density at radius 1 is 1.25 bits per heavy atom. The van der Waals surface area contributed by atoms with Crippen LogP contribution in [0.4, 0.5) is 4.39 Å². The standard InChI is InChI=1S/C13H21FO4SSi/c1-19(16,17)18-9-13(15,10-20(2,3)4)11-5-7-12(14)8-6-11/h5-8,15H,9-10H2,1-4H3/t13-/m0/s1. The van der Waals surface area contributed by atoms with Crippen molar-refractivity contribution in [3.8, 4) is 0 Å². The molecule has 0 heterocycles. The van der Waals surface area contributed by atoms with Gasteiger partial charge in [0.15, 0.2) is 0 Å². The van der Waals surface area contributed by atoms with E-state index < -0.39 is 29.6 Å². The maximum atomic E-state index is 13.0. The SMILES string of the molecule is C[Si](C)(C)C[C@@](O)(COS(C)(=O)=O)c1ccc(F)cc1. The van der Waals surface area contributed by atoms with Gasteiger partial charge in [-0.25, -0.2) is 4.39 Å². The molecule has 20 heavy (non-hydrogen) atoms. The van der Waals surface area contributed by atoms with Gasteiger partial charge in [0.2, 0.25) is 0 Å².